The van der Waals surface area contributed by atoms with Gasteiger partial charge < -0.3 is 9.47 Å². The number of nitrogens with zero attached hydrogens (tertiary/aromatic N) is 2. The molecule has 2 aromatic carbocycles. The summed E-state index contributed by atoms with van der Waals surface area (Å²) in [4.78, 5) is 19.9. The summed E-state index contributed by atoms with van der Waals surface area (Å²) >= 11 is 1.56. The summed E-state index contributed by atoms with van der Waals surface area (Å²) in [5, 5.41) is 0.722. The van der Waals surface area contributed by atoms with Crippen LogP contribution in [0.4, 0.5) is 5.13 Å². The number of ether oxygens (including phenoxy) is 2. The van der Waals surface area contributed by atoms with Crippen molar-refractivity contribution in [1.82, 2.24) is 4.98 Å². The quantitative estimate of drug-likeness (QED) is 0.606. The van der Waals surface area contributed by atoms with Crippen LogP contribution >= 0.6 is 11.3 Å². The fraction of sp³-hybridized carbons (Fsp3) is 0.364. The molecule has 0 radical (unpaired) electrons. The van der Waals surface area contributed by atoms with Crippen LogP contribution in [0, 0.1) is 0 Å². The highest BCUT2D eigenvalue weighted by Crippen LogP contribution is 2.32. The highest BCUT2D eigenvalue weighted by atomic mass is 32.1. The normalized spacial score (nSPS) is 16.4. The molecule has 1 unspecified atom stereocenters. The van der Waals surface area contributed by atoms with Gasteiger partial charge in [-0.1, -0.05) is 24.3 Å². The van der Waals surface area contributed by atoms with Gasteiger partial charge in [-0.3, -0.25) is 9.69 Å². The van der Waals surface area contributed by atoms with Crippen LogP contribution in [0.15, 0.2) is 42.5 Å². The fourth-order valence-electron chi connectivity index (χ4n) is 3.42. The van der Waals surface area contributed by atoms with Gasteiger partial charge in [0.25, 0.3) is 5.91 Å². The number of rotatable bonds is 6. The lowest BCUT2D eigenvalue weighted by Gasteiger charge is -2.23. The minimum absolute atomic E-state index is 0.0559. The number of carbonyl (C=O) groups excluding carboxylic acids is 1. The Bertz CT molecular complexity index is 962. The Kier molecular flexibility index (Phi) is 5.59. The van der Waals surface area contributed by atoms with Crippen LogP contribution in [0.1, 0.15) is 35.7 Å². The van der Waals surface area contributed by atoms with Crippen molar-refractivity contribution in [1.29, 1.82) is 0 Å². The van der Waals surface area contributed by atoms with Gasteiger partial charge in [-0.25, -0.2) is 4.98 Å². The molecule has 1 aliphatic rings. The zero-order valence-electron chi connectivity index (χ0n) is 16.2. The van der Waals surface area contributed by atoms with Crippen molar-refractivity contribution in [2.45, 2.75) is 32.3 Å². The molecular formula is C22H24N2O3S. The van der Waals surface area contributed by atoms with Crippen molar-refractivity contribution >= 4 is 32.6 Å². The van der Waals surface area contributed by atoms with E-state index in [0.717, 1.165) is 47.0 Å². The molecule has 1 aromatic heterocycles. The van der Waals surface area contributed by atoms with Crippen molar-refractivity contribution in [2.75, 3.05) is 25.2 Å². The Morgan fingerprint density at radius 3 is 2.79 bits per heavy atom. The van der Waals surface area contributed by atoms with Crippen LogP contribution in [0.2, 0.25) is 0 Å². The van der Waals surface area contributed by atoms with Gasteiger partial charge in [0.15, 0.2) is 5.13 Å². The first-order chi connectivity index (χ1) is 13.7. The summed E-state index contributed by atoms with van der Waals surface area (Å²) in [7, 11) is 1.62. The zero-order valence-corrected chi connectivity index (χ0v) is 17.0. The van der Waals surface area contributed by atoms with E-state index < -0.39 is 0 Å². The van der Waals surface area contributed by atoms with E-state index in [0.29, 0.717) is 12.1 Å². The molecular weight excluding hydrogens is 372 g/mol. The predicted molar refractivity (Wildman–Crippen MR) is 113 cm³/mol. The molecule has 1 aliphatic heterocycles. The van der Waals surface area contributed by atoms with E-state index in [9.17, 15) is 4.79 Å². The number of thiazole rings is 1. The first-order valence-electron chi connectivity index (χ1n) is 9.65. The molecule has 146 valence electrons. The third-order valence-corrected chi connectivity index (χ3v) is 6.11. The second-order valence-electron chi connectivity index (χ2n) is 6.93. The maximum Gasteiger partial charge on any atom is 0.260 e. The molecule has 3 aromatic rings. The second-order valence-corrected chi connectivity index (χ2v) is 7.94. The topological polar surface area (TPSA) is 51.7 Å². The Labute approximate surface area is 168 Å². The highest BCUT2D eigenvalue weighted by Gasteiger charge is 2.27. The molecule has 2 heterocycles. The van der Waals surface area contributed by atoms with E-state index in [1.165, 1.54) is 5.56 Å². The van der Waals surface area contributed by atoms with Crippen LogP contribution in [-0.4, -0.2) is 37.3 Å². The lowest BCUT2D eigenvalue weighted by molar-refractivity contribution is 0.0917. The van der Waals surface area contributed by atoms with Gasteiger partial charge in [-0.15, -0.1) is 0 Å². The Hall–Kier alpha value is -2.44. The third-order valence-electron chi connectivity index (χ3n) is 5.07. The summed E-state index contributed by atoms with van der Waals surface area (Å²) in [5.41, 5.74) is 2.82. The van der Waals surface area contributed by atoms with Crippen LogP contribution in [0.5, 0.6) is 5.75 Å². The predicted octanol–water partition coefficient (Wildman–Crippen LogP) is 4.69. The van der Waals surface area contributed by atoms with E-state index >= 15 is 0 Å². The molecule has 0 saturated carbocycles. The van der Waals surface area contributed by atoms with Crippen molar-refractivity contribution in [3.8, 4) is 5.75 Å². The van der Waals surface area contributed by atoms with Gasteiger partial charge in [-0.05, 0) is 61.2 Å². The largest absolute Gasteiger partial charge is 0.497 e. The Morgan fingerprint density at radius 2 is 2.11 bits per heavy atom. The van der Waals surface area contributed by atoms with Crippen molar-refractivity contribution in [3.63, 3.8) is 0 Å². The number of hydrogen-bond acceptors (Lipinski definition) is 5. The molecule has 1 fully saturated rings. The van der Waals surface area contributed by atoms with Gasteiger partial charge >= 0.3 is 0 Å². The number of fused-ring (bicyclic) bond motifs is 1. The fourth-order valence-corrected chi connectivity index (χ4v) is 4.46. The second kappa shape index (κ2) is 8.29. The third kappa shape index (κ3) is 3.88. The SMILES string of the molecule is CCc1ccc2nc(N(CC3CCCO3)C(=O)c3ccc(OC)cc3)sc2c1. The van der Waals surface area contributed by atoms with E-state index in [2.05, 4.69) is 19.1 Å². The van der Waals surface area contributed by atoms with Gasteiger partial charge in [0.1, 0.15) is 5.75 Å². The smallest absolute Gasteiger partial charge is 0.260 e. The number of benzene rings is 2. The minimum Gasteiger partial charge on any atom is -0.497 e. The highest BCUT2D eigenvalue weighted by molar-refractivity contribution is 7.22. The van der Waals surface area contributed by atoms with E-state index in [4.69, 9.17) is 14.5 Å². The standard InChI is InChI=1S/C22H24N2O3S/c1-3-15-6-11-19-20(13-15)28-22(23-19)24(14-18-5-4-12-27-18)21(25)16-7-9-17(26-2)10-8-16/h6-11,13,18H,3-5,12,14H2,1-2H3. The Balaban J connectivity index is 1.68. The average Bonchev–Trinajstić information content (AvgIpc) is 3.40. The number of carbonyl (C=O) groups is 1. The van der Waals surface area contributed by atoms with Crippen molar-refractivity contribution < 1.29 is 14.3 Å². The van der Waals surface area contributed by atoms with E-state index in [1.807, 2.05) is 18.2 Å². The first-order valence-corrected chi connectivity index (χ1v) is 10.5. The van der Waals surface area contributed by atoms with Crippen LogP contribution in [0.25, 0.3) is 10.2 Å². The summed E-state index contributed by atoms with van der Waals surface area (Å²) in [6, 6.07) is 13.5. The minimum atomic E-state index is -0.0621. The number of methoxy groups -OCH3 is 1. The molecule has 1 atom stereocenters. The molecule has 0 bridgehead atoms. The van der Waals surface area contributed by atoms with Crippen LogP contribution < -0.4 is 9.64 Å². The summed E-state index contributed by atoms with van der Waals surface area (Å²) in [6.07, 6.45) is 3.04. The summed E-state index contributed by atoms with van der Waals surface area (Å²) in [5.74, 6) is 0.669. The van der Waals surface area contributed by atoms with Crippen molar-refractivity contribution in [2.24, 2.45) is 0 Å². The van der Waals surface area contributed by atoms with Crippen molar-refractivity contribution in [3.05, 3.63) is 53.6 Å². The molecule has 4 rings (SSSR count). The van der Waals surface area contributed by atoms with Gasteiger partial charge in [0.2, 0.25) is 0 Å². The molecule has 5 nitrogen and oxygen atoms in total. The van der Waals surface area contributed by atoms with Gasteiger partial charge in [-0.2, -0.15) is 0 Å². The summed E-state index contributed by atoms with van der Waals surface area (Å²) in [6.45, 7) is 3.42. The zero-order chi connectivity index (χ0) is 19.5. The molecule has 1 saturated heterocycles. The maximum atomic E-state index is 13.3. The molecule has 6 heteroatoms. The summed E-state index contributed by atoms with van der Waals surface area (Å²) < 4.78 is 12.1. The molecule has 1 amide bonds. The molecule has 0 aliphatic carbocycles. The number of hydrogen-bond donors (Lipinski definition) is 0. The van der Waals surface area contributed by atoms with Gasteiger partial charge in [0, 0.05) is 12.2 Å². The maximum absolute atomic E-state index is 13.3. The number of anilines is 1. The molecule has 28 heavy (non-hydrogen) atoms. The molecule has 0 spiro atoms. The van der Waals surface area contributed by atoms with Crippen LogP contribution in [-0.2, 0) is 11.2 Å². The average molecular weight is 397 g/mol. The first kappa shape index (κ1) is 18.9. The van der Waals surface area contributed by atoms with E-state index in [-0.39, 0.29) is 12.0 Å². The Morgan fingerprint density at radius 1 is 1.29 bits per heavy atom. The van der Waals surface area contributed by atoms with Gasteiger partial charge in [0.05, 0.1) is 30.0 Å². The molecule has 0 N–H and O–H groups in total. The van der Waals surface area contributed by atoms with Crippen LogP contribution in [0.3, 0.4) is 0 Å². The monoisotopic (exact) mass is 396 g/mol. The number of aromatic nitrogens is 1. The van der Waals surface area contributed by atoms with E-state index in [1.54, 1.807) is 35.5 Å². The lowest BCUT2D eigenvalue weighted by atomic mass is 10.1. The number of amides is 1. The lowest BCUT2D eigenvalue weighted by Crippen LogP contribution is -2.37. The number of aryl methyl sites for hydroxylation is 1.